The van der Waals surface area contributed by atoms with Gasteiger partial charge in [0, 0.05) is 19.6 Å². The molecule has 0 bridgehead atoms. The number of ether oxygens (including phenoxy) is 1. The van der Waals surface area contributed by atoms with Gasteiger partial charge in [-0.1, -0.05) is 0 Å². The van der Waals surface area contributed by atoms with Crippen LogP contribution in [-0.4, -0.2) is 49.5 Å². The molecule has 1 rings (SSSR count). The minimum Gasteiger partial charge on any atom is -0.382 e. The Balaban J connectivity index is 2.64. The van der Waals surface area contributed by atoms with Gasteiger partial charge in [-0.05, 0) is 20.3 Å². The number of hydrogen-bond donors (Lipinski definition) is 3. The number of amides is 3. The molecule has 0 aliphatic carbocycles. The minimum atomic E-state index is -4.65. The molecule has 21 heavy (non-hydrogen) atoms. The molecule has 6 nitrogen and oxygen atoms in total. The molecule has 3 atom stereocenters. The van der Waals surface area contributed by atoms with E-state index in [9.17, 15) is 22.8 Å². The Bertz CT molecular complexity index is 403. The van der Waals surface area contributed by atoms with E-state index in [0.29, 0.717) is 6.42 Å². The van der Waals surface area contributed by atoms with Crippen molar-refractivity contribution in [2.24, 2.45) is 0 Å². The van der Waals surface area contributed by atoms with Gasteiger partial charge in [0.15, 0.2) is 5.54 Å². The predicted octanol–water partition coefficient (Wildman–Crippen LogP) is 0.920. The van der Waals surface area contributed by atoms with Crippen LogP contribution in [0, 0.1) is 0 Å². The maximum Gasteiger partial charge on any atom is 0.413 e. The molecule has 1 heterocycles. The third-order valence-electron chi connectivity index (χ3n) is 3.44. The molecule has 1 aliphatic rings. The first-order valence-electron chi connectivity index (χ1n) is 6.53. The lowest BCUT2D eigenvalue weighted by molar-refractivity contribution is -0.199. The largest absolute Gasteiger partial charge is 0.413 e. The summed E-state index contributed by atoms with van der Waals surface area (Å²) in [4.78, 5) is 22.9. The fraction of sp³-hybridized carbons (Fsp3) is 0.833. The van der Waals surface area contributed by atoms with Crippen molar-refractivity contribution in [3.05, 3.63) is 0 Å². The Kier molecular flexibility index (Phi) is 5.43. The van der Waals surface area contributed by atoms with Gasteiger partial charge in [-0.25, -0.2) is 4.79 Å². The number of rotatable bonds is 4. The Morgan fingerprint density at radius 1 is 1.48 bits per heavy atom. The normalized spacial score (nSPS) is 25.7. The van der Waals surface area contributed by atoms with Gasteiger partial charge < -0.3 is 20.7 Å². The molecule has 3 N–H and O–H groups in total. The summed E-state index contributed by atoms with van der Waals surface area (Å²) in [5.74, 6) is -0.138. The van der Waals surface area contributed by atoms with E-state index in [0.717, 1.165) is 14.0 Å². The van der Waals surface area contributed by atoms with Gasteiger partial charge >= 0.3 is 12.2 Å². The van der Waals surface area contributed by atoms with Crippen LogP contribution < -0.4 is 16.0 Å². The highest BCUT2D eigenvalue weighted by Crippen LogP contribution is 2.30. The molecule has 0 aromatic rings. The zero-order valence-electron chi connectivity index (χ0n) is 12.1. The summed E-state index contributed by atoms with van der Waals surface area (Å²) in [5.41, 5.74) is -2.48. The summed E-state index contributed by atoms with van der Waals surface area (Å²) in [6.45, 7) is 1.84. The summed E-state index contributed by atoms with van der Waals surface area (Å²) in [6, 6.07) is -1.70. The molecule has 3 amide bonds. The van der Waals surface area contributed by atoms with E-state index in [1.807, 2.05) is 5.32 Å². The van der Waals surface area contributed by atoms with E-state index in [4.69, 9.17) is 0 Å². The summed E-state index contributed by atoms with van der Waals surface area (Å²) in [7, 11) is 1.13. The zero-order chi connectivity index (χ0) is 16.3. The smallest absolute Gasteiger partial charge is 0.382 e. The first-order valence-corrected chi connectivity index (χ1v) is 6.53. The lowest BCUT2D eigenvalue weighted by atomic mass is 9.99. The molecule has 1 aliphatic heterocycles. The number of alkyl halides is 3. The molecule has 1 fully saturated rings. The second-order valence-electron chi connectivity index (χ2n) is 5.36. The van der Waals surface area contributed by atoms with Gasteiger partial charge in [0.1, 0.15) is 0 Å². The minimum absolute atomic E-state index is 0.138. The average molecular weight is 311 g/mol. The van der Waals surface area contributed by atoms with Gasteiger partial charge in [-0.2, -0.15) is 13.2 Å². The average Bonchev–Trinajstić information content (AvgIpc) is 2.31. The van der Waals surface area contributed by atoms with E-state index in [1.165, 1.54) is 0 Å². The number of hydrogen-bond acceptors (Lipinski definition) is 3. The molecule has 3 unspecified atom stereocenters. The SMILES string of the molecule is COCC(C)(NC(=O)NC1CCC(=O)NC1C)C(F)(F)F. The summed E-state index contributed by atoms with van der Waals surface area (Å²) in [5, 5.41) is 6.98. The highest BCUT2D eigenvalue weighted by molar-refractivity contribution is 5.79. The third kappa shape index (κ3) is 4.48. The lowest BCUT2D eigenvalue weighted by Crippen LogP contribution is -2.64. The standard InChI is InChI=1S/C12H20F3N3O3/c1-7-8(4-5-9(19)16-7)17-10(20)18-11(2,6-21-3)12(13,14)15/h7-8H,4-6H2,1-3H3,(H,16,19)(H2,17,18,20). The third-order valence-corrected chi connectivity index (χ3v) is 3.44. The molecule has 0 saturated carbocycles. The van der Waals surface area contributed by atoms with Crippen LogP contribution in [0.25, 0.3) is 0 Å². The Morgan fingerprint density at radius 3 is 2.57 bits per heavy atom. The monoisotopic (exact) mass is 311 g/mol. The Morgan fingerprint density at radius 2 is 2.10 bits per heavy atom. The highest BCUT2D eigenvalue weighted by Gasteiger charge is 2.52. The quantitative estimate of drug-likeness (QED) is 0.722. The second-order valence-corrected chi connectivity index (χ2v) is 5.36. The van der Waals surface area contributed by atoms with Crippen molar-refractivity contribution >= 4 is 11.9 Å². The van der Waals surface area contributed by atoms with Gasteiger partial charge in [0.2, 0.25) is 5.91 Å². The van der Waals surface area contributed by atoms with Crippen molar-refractivity contribution in [3.8, 4) is 0 Å². The molecule has 0 aromatic heterocycles. The first kappa shape index (κ1) is 17.5. The zero-order valence-corrected chi connectivity index (χ0v) is 12.1. The van der Waals surface area contributed by atoms with Crippen LogP contribution in [0.15, 0.2) is 0 Å². The Hall–Kier alpha value is -1.51. The van der Waals surface area contributed by atoms with E-state index in [1.54, 1.807) is 6.92 Å². The highest BCUT2D eigenvalue weighted by atomic mass is 19.4. The van der Waals surface area contributed by atoms with Crippen molar-refractivity contribution in [3.63, 3.8) is 0 Å². The van der Waals surface area contributed by atoms with Crippen LogP contribution in [0.5, 0.6) is 0 Å². The van der Waals surface area contributed by atoms with E-state index in [-0.39, 0.29) is 18.4 Å². The van der Waals surface area contributed by atoms with Gasteiger partial charge in [-0.15, -0.1) is 0 Å². The maximum atomic E-state index is 13.0. The summed E-state index contributed by atoms with van der Waals surface area (Å²) < 4.78 is 43.5. The van der Waals surface area contributed by atoms with Gasteiger partial charge in [0.25, 0.3) is 0 Å². The predicted molar refractivity (Wildman–Crippen MR) is 68.6 cm³/mol. The van der Waals surface area contributed by atoms with Crippen molar-refractivity contribution in [1.82, 2.24) is 16.0 Å². The summed E-state index contributed by atoms with van der Waals surface area (Å²) >= 11 is 0. The number of urea groups is 1. The second kappa shape index (κ2) is 6.50. The van der Waals surface area contributed by atoms with Crippen LogP contribution in [0.3, 0.4) is 0 Å². The number of halogens is 3. The van der Waals surface area contributed by atoms with E-state index >= 15 is 0 Å². The van der Waals surface area contributed by atoms with E-state index in [2.05, 4.69) is 15.4 Å². The van der Waals surface area contributed by atoms with Crippen LogP contribution in [0.1, 0.15) is 26.7 Å². The van der Waals surface area contributed by atoms with Crippen molar-refractivity contribution in [1.29, 1.82) is 0 Å². The number of piperidine rings is 1. The fourth-order valence-corrected chi connectivity index (χ4v) is 2.09. The molecular weight excluding hydrogens is 291 g/mol. The van der Waals surface area contributed by atoms with Crippen LogP contribution >= 0.6 is 0 Å². The fourth-order valence-electron chi connectivity index (χ4n) is 2.09. The maximum absolute atomic E-state index is 13.0. The van der Waals surface area contributed by atoms with Crippen LogP contribution in [0.4, 0.5) is 18.0 Å². The molecular formula is C12H20F3N3O3. The lowest BCUT2D eigenvalue weighted by Gasteiger charge is -2.35. The van der Waals surface area contributed by atoms with Gasteiger partial charge in [-0.3, -0.25) is 4.79 Å². The molecule has 0 aromatic carbocycles. The molecule has 122 valence electrons. The number of methoxy groups -OCH3 is 1. The first-order chi connectivity index (χ1) is 9.59. The van der Waals surface area contributed by atoms with Crippen LogP contribution in [-0.2, 0) is 9.53 Å². The Labute approximate surface area is 120 Å². The topological polar surface area (TPSA) is 79.5 Å². The molecule has 1 saturated heterocycles. The van der Waals surface area contributed by atoms with E-state index < -0.39 is 30.4 Å². The number of nitrogens with one attached hydrogen (secondary N) is 3. The molecule has 0 radical (unpaired) electrons. The van der Waals surface area contributed by atoms with Gasteiger partial charge in [0.05, 0.1) is 12.6 Å². The molecule has 9 heteroatoms. The number of carbonyl (C=O) groups excluding carboxylic acids is 2. The number of carbonyl (C=O) groups is 2. The van der Waals surface area contributed by atoms with Crippen LogP contribution in [0.2, 0.25) is 0 Å². The molecule has 0 spiro atoms. The van der Waals surface area contributed by atoms with Crippen molar-refractivity contribution in [2.45, 2.75) is 50.5 Å². The summed E-state index contributed by atoms with van der Waals surface area (Å²) in [6.07, 6.45) is -4.04. The van der Waals surface area contributed by atoms with Crippen molar-refractivity contribution in [2.75, 3.05) is 13.7 Å². The van der Waals surface area contributed by atoms with Crippen molar-refractivity contribution < 1.29 is 27.5 Å².